The van der Waals surface area contributed by atoms with E-state index < -0.39 is 17.6 Å². The molecule has 0 aromatic heterocycles. The third-order valence-corrected chi connectivity index (χ3v) is 2.71. The summed E-state index contributed by atoms with van der Waals surface area (Å²) in [4.78, 5) is 0. The number of benzene rings is 2. The summed E-state index contributed by atoms with van der Waals surface area (Å²) < 4.78 is 51.6. The molecule has 0 radical (unpaired) electrons. The van der Waals surface area contributed by atoms with Crippen molar-refractivity contribution >= 4 is 0 Å². The predicted molar refractivity (Wildman–Crippen MR) is 61.6 cm³/mol. The molecule has 0 N–H and O–H groups in total. The smallest absolute Gasteiger partial charge is 0.207 e. The highest BCUT2D eigenvalue weighted by Crippen LogP contribution is 2.37. The predicted octanol–water partition coefficient (Wildman–Crippen LogP) is 4.82. The minimum Gasteiger partial charge on any atom is -0.207 e. The minimum atomic E-state index is -4.42. The second kappa shape index (κ2) is 4.44. The molecule has 0 amide bonds. The van der Waals surface area contributed by atoms with E-state index in [2.05, 4.69) is 0 Å². The molecule has 0 saturated heterocycles. The van der Waals surface area contributed by atoms with Crippen molar-refractivity contribution in [2.75, 3.05) is 0 Å². The van der Waals surface area contributed by atoms with Crippen LogP contribution in [0.2, 0.25) is 0 Å². The average molecular weight is 254 g/mol. The van der Waals surface area contributed by atoms with E-state index in [4.69, 9.17) is 0 Å². The molecule has 0 aliphatic carbocycles. The van der Waals surface area contributed by atoms with Crippen molar-refractivity contribution in [1.82, 2.24) is 0 Å². The largest absolute Gasteiger partial charge is 0.417 e. The van der Waals surface area contributed by atoms with E-state index in [0.29, 0.717) is 11.1 Å². The molecule has 94 valence electrons. The molecule has 2 rings (SSSR count). The van der Waals surface area contributed by atoms with Gasteiger partial charge >= 0.3 is 6.18 Å². The van der Waals surface area contributed by atoms with Crippen LogP contribution in [0.5, 0.6) is 0 Å². The molecule has 18 heavy (non-hydrogen) atoms. The van der Waals surface area contributed by atoms with E-state index in [9.17, 15) is 17.6 Å². The lowest BCUT2D eigenvalue weighted by atomic mass is 9.96. The van der Waals surface area contributed by atoms with Crippen LogP contribution in [0.3, 0.4) is 0 Å². The fraction of sp³-hybridized carbons (Fsp3) is 0.143. The van der Waals surface area contributed by atoms with Gasteiger partial charge in [0.15, 0.2) is 0 Å². The summed E-state index contributed by atoms with van der Waals surface area (Å²) in [5.41, 5.74) is 0.234. The van der Waals surface area contributed by atoms with Crippen molar-refractivity contribution in [1.29, 1.82) is 0 Å². The Kier molecular flexibility index (Phi) is 3.11. The van der Waals surface area contributed by atoms with Crippen LogP contribution in [0, 0.1) is 12.7 Å². The standard InChI is InChI=1S/C14H10F4/c1-9-8-10(15)6-7-11(9)12-4-2-3-5-13(12)14(16,17)18/h2-8H,1H3. The lowest BCUT2D eigenvalue weighted by Gasteiger charge is -2.14. The molecule has 0 atom stereocenters. The summed E-state index contributed by atoms with van der Waals surface area (Å²) in [6.07, 6.45) is -4.42. The zero-order chi connectivity index (χ0) is 13.3. The minimum absolute atomic E-state index is 0.0718. The van der Waals surface area contributed by atoms with Crippen molar-refractivity contribution in [3.05, 3.63) is 59.4 Å². The van der Waals surface area contributed by atoms with Gasteiger partial charge in [-0.3, -0.25) is 0 Å². The average Bonchev–Trinajstić information content (AvgIpc) is 2.28. The summed E-state index contributed by atoms with van der Waals surface area (Å²) >= 11 is 0. The van der Waals surface area contributed by atoms with E-state index in [1.165, 1.54) is 30.3 Å². The topological polar surface area (TPSA) is 0 Å². The zero-order valence-corrected chi connectivity index (χ0v) is 9.55. The van der Waals surface area contributed by atoms with Crippen LogP contribution in [0.1, 0.15) is 11.1 Å². The highest BCUT2D eigenvalue weighted by molar-refractivity contribution is 5.71. The van der Waals surface area contributed by atoms with Gasteiger partial charge in [-0.05, 0) is 41.8 Å². The molecule has 0 fully saturated rings. The first kappa shape index (κ1) is 12.6. The van der Waals surface area contributed by atoms with Crippen LogP contribution in [0.4, 0.5) is 17.6 Å². The van der Waals surface area contributed by atoms with Crippen LogP contribution in [0.25, 0.3) is 11.1 Å². The number of hydrogen-bond acceptors (Lipinski definition) is 0. The van der Waals surface area contributed by atoms with Gasteiger partial charge in [0.05, 0.1) is 5.56 Å². The first-order valence-corrected chi connectivity index (χ1v) is 5.32. The first-order valence-electron chi connectivity index (χ1n) is 5.32. The fourth-order valence-corrected chi connectivity index (χ4v) is 1.89. The maximum atomic E-state index is 13.0. The molecule has 4 heteroatoms. The Balaban J connectivity index is 2.64. The van der Waals surface area contributed by atoms with Crippen molar-refractivity contribution in [3.63, 3.8) is 0 Å². The SMILES string of the molecule is Cc1cc(F)ccc1-c1ccccc1C(F)(F)F. The van der Waals surface area contributed by atoms with E-state index in [1.54, 1.807) is 6.92 Å². The number of alkyl halides is 3. The molecule has 0 spiro atoms. The van der Waals surface area contributed by atoms with Crippen molar-refractivity contribution < 1.29 is 17.6 Å². The Morgan fingerprint density at radius 3 is 2.17 bits per heavy atom. The van der Waals surface area contributed by atoms with E-state index in [1.807, 2.05) is 0 Å². The fourth-order valence-electron chi connectivity index (χ4n) is 1.89. The molecule has 0 saturated carbocycles. The van der Waals surface area contributed by atoms with Gasteiger partial charge < -0.3 is 0 Å². The maximum Gasteiger partial charge on any atom is 0.417 e. The van der Waals surface area contributed by atoms with E-state index >= 15 is 0 Å². The number of aryl methyl sites for hydroxylation is 1. The molecule has 0 unspecified atom stereocenters. The highest BCUT2D eigenvalue weighted by Gasteiger charge is 2.33. The van der Waals surface area contributed by atoms with Crippen LogP contribution < -0.4 is 0 Å². The Bertz CT molecular complexity index is 570. The van der Waals surface area contributed by atoms with Gasteiger partial charge in [-0.25, -0.2) is 4.39 Å². The first-order chi connectivity index (χ1) is 8.39. The van der Waals surface area contributed by atoms with E-state index in [-0.39, 0.29) is 5.56 Å². The van der Waals surface area contributed by atoms with Gasteiger partial charge in [-0.15, -0.1) is 0 Å². The van der Waals surface area contributed by atoms with Gasteiger partial charge in [0, 0.05) is 0 Å². The Morgan fingerprint density at radius 1 is 0.889 bits per heavy atom. The van der Waals surface area contributed by atoms with Crippen LogP contribution >= 0.6 is 0 Å². The Hall–Kier alpha value is -1.84. The number of rotatable bonds is 1. The summed E-state index contributed by atoms with van der Waals surface area (Å²) in [7, 11) is 0. The van der Waals surface area contributed by atoms with Gasteiger partial charge in [-0.2, -0.15) is 13.2 Å². The number of hydrogen-bond donors (Lipinski definition) is 0. The Labute approximate surface area is 102 Å². The maximum absolute atomic E-state index is 13.0. The van der Waals surface area contributed by atoms with Crippen LogP contribution in [-0.4, -0.2) is 0 Å². The van der Waals surface area contributed by atoms with Crippen molar-refractivity contribution in [2.45, 2.75) is 13.1 Å². The van der Waals surface area contributed by atoms with Crippen LogP contribution in [0.15, 0.2) is 42.5 Å². The van der Waals surface area contributed by atoms with E-state index in [0.717, 1.165) is 12.1 Å². The summed E-state index contributed by atoms with van der Waals surface area (Å²) in [6, 6.07) is 9.05. The molecule has 2 aromatic rings. The molecule has 0 heterocycles. The molecule has 0 nitrogen and oxygen atoms in total. The molecule has 0 aliphatic rings. The molecule has 0 bridgehead atoms. The van der Waals surface area contributed by atoms with Gasteiger partial charge in [0.2, 0.25) is 0 Å². The second-order valence-electron chi connectivity index (χ2n) is 4.00. The summed E-state index contributed by atoms with van der Waals surface area (Å²) in [5.74, 6) is -0.458. The lowest BCUT2D eigenvalue weighted by Crippen LogP contribution is -2.07. The number of halogens is 4. The molecule has 0 aliphatic heterocycles. The molecular formula is C14H10F4. The highest BCUT2D eigenvalue weighted by atomic mass is 19.4. The lowest BCUT2D eigenvalue weighted by molar-refractivity contribution is -0.137. The summed E-state index contributed by atoms with van der Waals surface area (Å²) in [6.45, 7) is 1.59. The third-order valence-electron chi connectivity index (χ3n) is 2.71. The normalized spacial score (nSPS) is 11.6. The van der Waals surface area contributed by atoms with Gasteiger partial charge in [0.1, 0.15) is 5.82 Å². The molecular weight excluding hydrogens is 244 g/mol. The molecule has 2 aromatic carbocycles. The zero-order valence-electron chi connectivity index (χ0n) is 9.55. The second-order valence-corrected chi connectivity index (χ2v) is 4.00. The van der Waals surface area contributed by atoms with Gasteiger partial charge in [-0.1, -0.05) is 24.3 Å². The Morgan fingerprint density at radius 2 is 1.56 bits per heavy atom. The quantitative estimate of drug-likeness (QED) is 0.640. The van der Waals surface area contributed by atoms with Crippen molar-refractivity contribution in [3.8, 4) is 11.1 Å². The van der Waals surface area contributed by atoms with Crippen molar-refractivity contribution in [2.24, 2.45) is 0 Å². The van der Waals surface area contributed by atoms with Gasteiger partial charge in [0.25, 0.3) is 0 Å². The van der Waals surface area contributed by atoms with Crippen LogP contribution in [-0.2, 0) is 6.18 Å². The monoisotopic (exact) mass is 254 g/mol. The third kappa shape index (κ3) is 2.37. The summed E-state index contributed by atoms with van der Waals surface area (Å²) in [5, 5.41) is 0.